The maximum absolute atomic E-state index is 3.71. The molecule has 0 aromatic rings. The van der Waals surface area contributed by atoms with Gasteiger partial charge in [-0.2, -0.15) is 0 Å². The van der Waals surface area contributed by atoms with Crippen LogP contribution in [-0.2, 0) is 0 Å². The average molecular weight is 224 g/mol. The van der Waals surface area contributed by atoms with Crippen LogP contribution in [0.2, 0.25) is 0 Å². The van der Waals surface area contributed by atoms with Crippen molar-refractivity contribution in [3.63, 3.8) is 0 Å². The number of hydrogen-bond acceptors (Lipinski definition) is 2. The SMILES string of the molecule is CCCNC1CCCC(N(CC)C2CC2)C1. The fourth-order valence-electron chi connectivity index (χ4n) is 3.22. The van der Waals surface area contributed by atoms with Crippen molar-refractivity contribution >= 4 is 0 Å². The number of hydrogen-bond donors (Lipinski definition) is 1. The summed E-state index contributed by atoms with van der Waals surface area (Å²) >= 11 is 0. The summed E-state index contributed by atoms with van der Waals surface area (Å²) in [4.78, 5) is 2.78. The van der Waals surface area contributed by atoms with Crippen LogP contribution < -0.4 is 5.32 Å². The zero-order valence-corrected chi connectivity index (χ0v) is 11.0. The standard InChI is InChI=1S/C14H28N2/c1-3-10-15-12-6-5-7-14(11-12)16(4-2)13-8-9-13/h12-15H,3-11H2,1-2H3. The van der Waals surface area contributed by atoms with E-state index in [-0.39, 0.29) is 0 Å². The van der Waals surface area contributed by atoms with Crippen molar-refractivity contribution in [1.82, 2.24) is 10.2 Å². The van der Waals surface area contributed by atoms with Crippen molar-refractivity contribution < 1.29 is 0 Å². The van der Waals surface area contributed by atoms with E-state index in [1.165, 1.54) is 58.0 Å². The van der Waals surface area contributed by atoms with Gasteiger partial charge in [0.25, 0.3) is 0 Å². The molecule has 2 aliphatic carbocycles. The Balaban J connectivity index is 1.80. The van der Waals surface area contributed by atoms with Crippen molar-refractivity contribution in [1.29, 1.82) is 0 Å². The molecule has 0 saturated heterocycles. The van der Waals surface area contributed by atoms with Crippen LogP contribution in [0.5, 0.6) is 0 Å². The Hall–Kier alpha value is -0.0800. The van der Waals surface area contributed by atoms with E-state index < -0.39 is 0 Å². The summed E-state index contributed by atoms with van der Waals surface area (Å²) in [5, 5.41) is 3.71. The molecule has 2 saturated carbocycles. The van der Waals surface area contributed by atoms with Gasteiger partial charge in [0.05, 0.1) is 0 Å². The van der Waals surface area contributed by atoms with Crippen molar-refractivity contribution in [2.45, 2.75) is 76.9 Å². The molecule has 0 amide bonds. The molecule has 2 nitrogen and oxygen atoms in total. The van der Waals surface area contributed by atoms with Crippen LogP contribution in [0, 0.1) is 0 Å². The third kappa shape index (κ3) is 3.21. The van der Waals surface area contributed by atoms with E-state index in [0.29, 0.717) is 0 Å². The molecule has 0 aliphatic heterocycles. The summed E-state index contributed by atoms with van der Waals surface area (Å²) in [5.41, 5.74) is 0. The van der Waals surface area contributed by atoms with E-state index in [9.17, 15) is 0 Å². The van der Waals surface area contributed by atoms with Gasteiger partial charge in [0.15, 0.2) is 0 Å². The molecule has 0 radical (unpaired) electrons. The first-order valence-electron chi connectivity index (χ1n) is 7.34. The van der Waals surface area contributed by atoms with Crippen LogP contribution in [-0.4, -0.2) is 36.1 Å². The molecule has 2 aliphatic rings. The van der Waals surface area contributed by atoms with E-state index in [1.54, 1.807) is 0 Å². The number of nitrogens with one attached hydrogen (secondary N) is 1. The minimum absolute atomic E-state index is 0.798. The zero-order chi connectivity index (χ0) is 11.4. The smallest absolute Gasteiger partial charge is 0.0113 e. The molecule has 0 aromatic carbocycles. The van der Waals surface area contributed by atoms with Crippen LogP contribution in [0.1, 0.15) is 58.8 Å². The maximum atomic E-state index is 3.71. The highest BCUT2D eigenvalue weighted by molar-refractivity contribution is 4.91. The lowest BCUT2D eigenvalue weighted by atomic mass is 9.89. The van der Waals surface area contributed by atoms with E-state index >= 15 is 0 Å². The van der Waals surface area contributed by atoms with E-state index in [4.69, 9.17) is 0 Å². The Labute approximate surface area is 101 Å². The Morgan fingerprint density at radius 2 is 1.88 bits per heavy atom. The predicted octanol–water partition coefficient (Wildman–Crippen LogP) is 2.78. The molecule has 0 aromatic heterocycles. The van der Waals surface area contributed by atoms with Gasteiger partial charge in [-0.1, -0.05) is 20.3 Å². The Kier molecular flexibility index (Phi) is 4.66. The summed E-state index contributed by atoms with van der Waals surface area (Å²) in [7, 11) is 0. The van der Waals surface area contributed by atoms with Gasteiger partial charge in [-0.15, -0.1) is 0 Å². The molecule has 2 atom stereocenters. The maximum Gasteiger partial charge on any atom is 0.0113 e. The van der Waals surface area contributed by atoms with E-state index in [0.717, 1.165) is 18.1 Å². The van der Waals surface area contributed by atoms with Gasteiger partial charge in [0.2, 0.25) is 0 Å². The monoisotopic (exact) mass is 224 g/mol. The van der Waals surface area contributed by atoms with Gasteiger partial charge >= 0.3 is 0 Å². The number of nitrogens with zero attached hydrogens (tertiary/aromatic N) is 1. The quantitative estimate of drug-likeness (QED) is 0.746. The fraction of sp³-hybridized carbons (Fsp3) is 1.00. The normalized spacial score (nSPS) is 30.9. The fourth-order valence-corrected chi connectivity index (χ4v) is 3.22. The molecule has 0 heterocycles. The number of rotatable bonds is 6. The molecule has 2 fully saturated rings. The van der Waals surface area contributed by atoms with Gasteiger partial charge in [0, 0.05) is 18.1 Å². The first kappa shape index (κ1) is 12.4. The molecule has 2 rings (SSSR count). The lowest BCUT2D eigenvalue weighted by molar-refractivity contribution is 0.138. The van der Waals surface area contributed by atoms with E-state index in [1.807, 2.05) is 0 Å². The van der Waals surface area contributed by atoms with Crippen LogP contribution in [0.15, 0.2) is 0 Å². The predicted molar refractivity (Wildman–Crippen MR) is 69.7 cm³/mol. The minimum Gasteiger partial charge on any atom is -0.314 e. The first-order valence-corrected chi connectivity index (χ1v) is 7.34. The van der Waals surface area contributed by atoms with Gasteiger partial charge in [0.1, 0.15) is 0 Å². The molecule has 16 heavy (non-hydrogen) atoms. The highest BCUT2D eigenvalue weighted by Gasteiger charge is 2.34. The van der Waals surface area contributed by atoms with Crippen LogP contribution in [0.3, 0.4) is 0 Å². The summed E-state index contributed by atoms with van der Waals surface area (Å²) < 4.78 is 0. The lowest BCUT2D eigenvalue weighted by Gasteiger charge is -2.37. The molecule has 2 heteroatoms. The van der Waals surface area contributed by atoms with Crippen LogP contribution in [0.25, 0.3) is 0 Å². The van der Waals surface area contributed by atoms with Gasteiger partial charge in [-0.3, -0.25) is 4.90 Å². The zero-order valence-electron chi connectivity index (χ0n) is 11.0. The third-order valence-corrected chi connectivity index (χ3v) is 4.18. The molecule has 0 spiro atoms. The second kappa shape index (κ2) is 6.02. The third-order valence-electron chi connectivity index (χ3n) is 4.18. The van der Waals surface area contributed by atoms with Gasteiger partial charge in [-0.25, -0.2) is 0 Å². The minimum atomic E-state index is 0.798. The largest absolute Gasteiger partial charge is 0.314 e. The lowest BCUT2D eigenvalue weighted by Crippen LogP contribution is -2.45. The summed E-state index contributed by atoms with van der Waals surface area (Å²) in [6.07, 6.45) is 9.84. The van der Waals surface area contributed by atoms with Crippen LogP contribution in [0.4, 0.5) is 0 Å². The topological polar surface area (TPSA) is 15.3 Å². The van der Waals surface area contributed by atoms with Crippen molar-refractivity contribution in [3.05, 3.63) is 0 Å². The van der Waals surface area contributed by atoms with Crippen molar-refractivity contribution in [2.75, 3.05) is 13.1 Å². The Morgan fingerprint density at radius 1 is 1.06 bits per heavy atom. The molecule has 1 N–H and O–H groups in total. The molecule has 0 bridgehead atoms. The van der Waals surface area contributed by atoms with Gasteiger partial charge < -0.3 is 5.32 Å². The molecular formula is C14H28N2. The second-order valence-corrected chi connectivity index (χ2v) is 5.53. The molecule has 2 unspecified atom stereocenters. The van der Waals surface area contributed by atoms with E-state index in [2.05, 4.69) is 24.1 Å². The van der Waals surface area contributed by atoms with Crippen molar-refractivity contribution in [2.24, 2.45) is 0 Å². The summed E-state index contributed by atoms with van der Waals surface area (Å²) in [5.74, 6) is 0. The highest BCUT2D eigenvalue weighted by atomic mass is 15.2. The Morgan fingerprint density at radius 3 is 2.50 bits per heavy atom. The second-order valence-electron chi connectivity index (χ2n) is 5.53. The highest BCUT2D eigenvalue weighted by Crippen LogP contribution is 2.33. The molecule has 94 valence electrons. The average Bonchev–Trinajstić information content (AvgIpc) is 3.12. The summed E-state index contributed by atoms with van der Waals surface area (Å²) in [6, 6.07) is 2.62. The Bertz CT molecular complexity index is 201. The van der Waals surface area contributed by atoms with Crippen LogP contribution >= 0.6 is 0 Å². The molecular weight excluding hydrogens is 196 g/mol. The van der Waals surface area contributed by atoms with Crippen molar-refractivity contribution in [3.8, 4) is 0 Å². The first-order chi connectivity index (χ1) is 7.85. The summed E-state index contributed by atoms with van der Waals surface area (Å²) in [6.45, 7) is 7.06. The van der Waals surface area contributed by atoms with Gasteiger partial charge in [-0.05, 0) is 51.6 Å².